The van der Waals surface area contributed by atoms with E-state index in [2.05, 4.69) is 15.4 Å². The summed E-state index contributed by atoms with van der Waals surface area (Å²) in [6.07, 6.45) is 3.07. The zero-order valence-corrected chi connectivity index (χ0v) is 9.77. The number of aryl methyl sites for hydroxylation is 1. The van der Waals surface area contributed by atoms with E-state index in [1.54, 1.807) is 6.20 Å². The molecule has 0 saturated carbocycles. The van der Waals surface area contributed by atoms with Crippen molar-refractivity contribution in [2.24, 2.45) is 5.84 Å². The lowest BCUT2D eigenvalue weighted by molar-refractivity contribution is 0.457. The maximum Gasteiger partial charge on any atom is 0.239 e. The molecule has 0 aliphatic rings. The van der Waals surface area contributed by atoms with E-state index in [1.807, 2.05) is 32.0 Å². The van der Waals surface area contributed by atoms with Gasteiger partial charge in [0.15, 0.2) is 5.82 Å². The summed E-state index contributed by atoms with van der Waals surface area (Å²) in [4.78, 5) is 8.11. The van der Waals surface area contributed by atoms with Crippen molar-refractivity contribution in [3.8, 4) is 11.6 Å². The first-order chi connectivity index (χ1) is 8.20. The van der Waals surface area contributed by atoms with Gasteiger partial charge in [-0.15, -0.1) is 0 Å². The second kappa shape index (κ2) is 4.80. The van der Waals surface area contributed by atoms with E-state index in [9.17, 15) is 0 Å². The van der Waals surface area contributed by atoms with E-state index in [0.717, 1.165) is 11.3 Å². The van der Waals surface area contributed by atoms with Gasteiger partial charge >= 0.3 is 0 Å². The minimum atomic E-state index is 0.411. The van der Waals surface area contributed by atoms with Gasteiger partial charge in [0.1, 0.15) is 5.75 Å². The molecule has 1 aromatic heterocycles. The molecule has 2 rings (SSSR count). The first-order valence-electron chi connectivity index (χ1n) is 5.23. The molecule has 17 heavy (non-hydrogen) atoms. The number of ether oxygens (including phenoxy) is 1. The van der Waals surface area contributed by atoms with Crippen LogP contribution in [0.2, 0.25) is 0 Å². The van der Waals surface area contributed by atoms with Crippen molar-refractivity contribution in [2.75, 3.05) is 5.43 Å². The average molecular weight is 230 g/mol. The van der Waals surface area contributed by atoms with Crippen LogP contribution in [-0.2, 0) is 0 Å². The molecule has 1 aromatic carbocycles. The lowest BCUT2D eigenvalue weighted by Gasteiger charge is -2.09. The Labute approximate surface area is 99.6 Å². The Balaban J connectivity index is 2.28. The smallest absolute Gasteiger partial charge is 0.239 e. The van der Waals surface area contributed by atoms with Crippen LogP contribution in [0.25, 0.3) is 0 Å². The summed E-state index contributed by atoms with van der Waals surface area (Å²) >= 11 is 0. The number of nitrogens with zero attached hydrogens (tertiary/aromatic N) is 2. The third-order valence-electron chi connectivity index (χ3n) is 2.53. The fourth-order valence-electron chi connectivity index (χ4n) is 1.41. The molecule has 0 aliphatic heterocycles. The Morgan fingerprint density at radius 1 is 1.24 bits per heavy atom. The second-order valence-electron chi connectivity index (χ2n) is 3.69. The number of hydrazine groups is 1. The first-order valence-corrected chi connectivity index (χ1v) is 5.23. The van der Waals surface area contributed by atoms with E-state index >= 15 is 0 Å². The summed E-state index contributed by atoms with van der Waals surface area (Å²) in [5.74, 6) is 6.91. The number of nitrogen functional groups attached to an aromatic ring is 1. The number of nitrogens with two attached hydrogens (primary N) is 1. The molecule has 1 heterocycles. The maximum atomic E-state index is 5.66. The van der Waals surface area contributed by atoms with Crippen LogP contribution in [0.3, 0.4) is 0 Å². The van der Waals surface area contributed by atoms with Crippen LogP contribution >= 0.6 is 0 Å². The second-order valence-corrected chi connectivity index (χ2v) is 3.69. The maximum absolute atomic E-state index is 5.66. The topological polar surface area (TPSA) is 73.1 Å². The Hall–Kier alpha value is -2.14. The van der Waals surface area contributed by atoms with E-state index in [4.69, 9.17) is 10.6 Å². The molecule has 0 bridgehead atoms. The highest BCUT2D eigenvalue weighted by molar-refractivity contribution is 5.41. The molecule has 0 radical (unpaired) electrons. The Morgan fingerprint density at radius 2 is 2.06 bits per heavy atom. The highest BCUT2D eigenvalue weighted by Gasteiger charge is 2.05. The van der Waals surface area contributed by atoms with Crippen LogP contribution in [0.1, 0.15) is 11.1 Å². The molecule has 0 amide bonds. The summed E-state index contributed by atoms with van der Waals surface area (Å²) < 4.78 is 5.66. The molecule has 0 fully saturated rings. The minimum absolute atomic E-state index is 0.411. The summed E-state index contributed by atoms with van der Waals surface area (Å²) in [6, 6.07) is 5.87. The fraction of sp³-hybridized carbons (Fsp3) is 0.167. The number of nitrogens with one attached hydrogen (secondary N) is 1. The molecule has 0 unspecified atom stereocenters. The lowest BCUT2D eigenvalue weighted by Crippen LogP contribution is -2.09. The number of rotatable bonds is 3. The zero-order chi connectivity index (χ0) is 12.3. The number of anilines is 1. The van der Waals surface area contributed by atoms with Crippen molar-refractivity contribution in [3.63, 3.8) is 0 Å². The van der Waals surface area contributed by atoms with Crippen LogP contribution < -0.4 is 16.0 Å². The van der Waals surface area contributed by atoms with Gasteiger partial charge in [-0.05, 0) is 31.0 Å². The van der Waals surface area contributed by atoms with Crippen molar-refractivity contribution < 1.29 is 4.74 Å². The van der Waals surface area contributed by atoms with Crippen molar-refractivity contribution >= 4 is 5.82 Å². The van der Waals surface area contributed by atoms with Gasteiger partial charge in [-0.2, -0.15) is 4.98 Å². The van der Waals surface area contributed by atoms with Crippen LogP contribution in [0.15, 0.2) is 30.6 Å². The summed E-state index contributed by atoms with van der Waals surface area (Å²) in [5, 5.41) is 0. The highest BCUT2D eigenvalue weighted by Crippen LogP contribution is 2.25. The molecule has 5 nitrogen and oxygen atoms in total. The molecule has 0 aliphatic carbocycles. The molecular formula is C12H14N4O. The van der Waals surface area contributed by atoms with Crippen molar-refractivity contribution in [1.29, 1.82) is 0 Å². The molecule has 0 spiro atoms. The summed E-state index contributed by atoms with van der Waals surface area (Å²) in [6.45, 7) is 4.04. The zero-order valence-electron chi connectivity index (χ0n) is 9.77. The van der Waals surface area contributed by atoms with Gasteiger partial charge in [-0.1, -0.05) is 12.1 Å². The predicted octanol–water partition coefficient (Wildman–Crippen LogP) is 2.17. The van der Waals surface area contributed by atoms with Gasteiger partial charge in [0, 0.05) is 0 Å². The van der Waals surface area contributed by atoms with Gasteiger partial charge in [0.05, 0.1) is 12.4 Å². The van der Waals surface area contributed by atoms with Gasteiger partial charge in [0.25, 0.3) is 0 Å². The molecule has 3 N–H and O–H groups in total. The Morgan fingerprint density at radius 3 is 2.82 bits per heavy atom. The predicted molar refractivity (Wildman–Crippen MR) is 65.8 cm³/mol. The first kappa shape index (κ1) is 11.3. The van der Waals surface area contributed by atoms with E-state index in [0.29, 0.717) is 11.7 Å². The Kier molecular flexibility index (Phi) is 3.20. The molecule has 88 valence electrons. The molecule has 0 atom stereocenters. The van der Waals surface area contributed by atoms with Crippen LogP contribution in [0.5, 0.6) is 11.6 Å². The van der Waals surface area contributed by atoms with E-state index in [1.165, 1.54) is 11.8 Å². The van der Waals surface area contributed by atoms with Gasteiger partial charge in [-0.25, -0.2) is 5.84 Å². The van der Waals surface area contributed by atoms with Gasteiger partial charge in [-0.3, -0.25) is 4.98 Å². The van der Waals surface area contributed by atoms with E-state index < -0.39 is 0 Å². The number of hydrogen-bond acceptors (Lipinski definition) is 5. The molecule has 2 aromatic rings. The van der Waals surface area contributed by atoms with E-state index in [-0.39, 0.29) is 0 Å². The van der Waals surface area contributed by atoms with Crippen LogP contribution in [-0.4, -0.2) is 9.97 Å². The quantitative estimate of drug-likeness (QED) is 0.624. The standard InChI is InChI=1S/C12H14N4O/c1-8-4-3-5-10(9(8)2)17-12-7-14-6-11(15-12)16-13/h3-7H,13H2,1-2H3,(H,15,16). The number of hydrogen-bond donors (Lipinski definition) is 2. The molecule has 5 heteroatoms. The summed E-state index contributed by atoms with van der Waals surface area (Å²) in [7, 11) is 0. The monoisotopic (exact) mass is 230 g/mol. The lowest BCUT2D eigenvalue weighted by atomic mass is 10.1. The number of aromatic nitrogens is 2. The average Bonchev–Trinajstić information content (AvgIpc) is 2.35. The molecule has 0 saturated heterocycles. The van der Waals surface area contributed by atoms with Crippen molar-refractivity contribution in [2.45, 2.75) is 13.8 Å². The highest BCUT2D eigenvalue weighted by atomic mass is 16.5. The third-order valence-corrected chi connectivity index (χ3v) is 2.53. The number of benzene rings is 1. The summed E-state index contributed by atoms with van der Waals surface area (Å²) in [5.41, 5.74) is 4.68. The fourth-order valence-corrected chi connectivity index (χ4v) is 1.41. The normalized spacial score (nSPS) is 10.1. The van der Waals surface area contributed by atoms with Gasteiger partial charge < -0.3 is 10.2 Å². The van der Waals surface area contributed by atoms with Gasteiger partial charge in [0.2, 0.25) is 5.88 Å². The van der Waals surface area contributed by atoms with Crippen LogP contribution in [0, 0.1) is 13.8 Å². The molecular weight excluding hydrogens is 216 g/mol. The minimum Gasteiger partial charge on any atom is -0.437 e. The van der Waals surface area contributed by atoms with Crippen molar-refractivity contribution in [3.05, 3.63) is 41.7 Å². The SMILES string of the molecule is Cc1cccc(Oc2cncc(NN)n2)c1C. The van der Waals surface area contributed by atoms with Crippen molar-refractivity contribution in [1.82, 2.24) is 9.97 Å². The third kappa shape index (κ3) is 2.51. The van der Waals surface area contributed by atoms with Crippen LogP contribution in [0.4, 0.5) is 5.82 Å². The Bertz CT molecular complexity index is 528. The largest absolute Gasteiger partial charge is 0.437 e.